The van der Waals surface area contributed by atoms with Crippen molar-refractivity contribution in [1.29, 1.82) is 0 Å². The summed E-state index contributed by atoms with van der Waals surface area (Å²) in [5, 5.41) is 3.20. The number of likely N-dealkylation sites (tertiary alicyclic amines) is 1. The number of benzene rings is 2. The molecular weight excluding hydrogens is 361 g/mol. The van der Waals surface area contributed by atoms with Crippen LogP contribution in [0.1, 0.15) is 35.7 Å². The fraction of sp³-hybridized carbons (Fsp3) is 0.333. The topological polar surface area (TPSA) is 45.2 Å². The average molecular weight is 383 g/mol. The number of piperidine rings is 1. The number of aromatic nitrogens is 1. The standard InChI is InChI=1S/C21H22FN3OS/c1-14-8-10-25(11-9-14)13-15-6-7-18-19(12-15)27-21(23-18)24-20(26)16-4-2-3-5-17(16)22/h2-7,12,14H,8-11,13H2,1H3,(H,23,24,26). The molecule has 0 unspecified atom stereocenters. The summed E-state index contributed by atoms with van der Waals surface area (Å²) in [7, 11) is 0. The van der Waals surface area contributed by atoms with Crippen LogP contribution in [-0.2, 0) is 6.54 Å². The maximum absolute atomic E-state index is 13.8. The molecule has 1 aromatic heterocycles. The van der Waals surface area contributed by atoms with E-state index in [1.807, 2.05) is 6.07 Å². The van der Waals surface area contributed by atoms with E-state index in [2.05, 4.69) is 34.3 Å². The number of hydrogen-bond donors (Lipinski definition) is 1. The van der Waals surface area contributed by atoms with Gasteiger partial charge in [-0.3, -0.25) is 15.0 Å². The largest absolute Gasteiger partial charge is 0.299 e. The van der Waals surface area contributed by atoms with E-state index in [0.717, 1.165) is 35.8 Å². The number of carbonyl (C=O) groups is 1. The van der Waals surface area contributed by atoms with Gasteiger partial charge in [-0.2, -0.15) is 0 Å². The first-order chi connectivity index (χ1) is 13.1. The molecule has 27 heavy (non-hydrogen) atoms. The van der Waals surface area contributed by atoms with Gasteiger partial charge < -0.3 is 0 Å². The van der Waals surface area contributed by atoms with Gasteiger partial charge in [-0.05, 0) is 61.7 Å². The van der Waals surface area contributed by atoms with Crippen molar-refractivity contribution >= 4 is 32.6 Å². The number of anilines is 1. The van der Waals surface area contributed by atoms with Crippen LogP contribution in [-0.4, -0.2) is 28.9 Å². The van der Waals surface area contributed by atoms with Gasteiger partial charge in [0.1, 0.15) is 5.82 Å². The number of hydrogen-bond acceptors (Lipinski definition) is 4. The highest BCUT2D eigenvalue weighted by atomic mass is 32.1. The minimum absolute atomic E-state index is 0.0248. The molecule has 0 atom stereocenters. The van der Waals surface area contributed by atoms with E-state index >= 15 is 0 Å². The number of thiazole rings is 1. The Labute approximate surface area is 162 Å². The smallest absolute Gasteiger partial charge is 0.260 e. The summed E-state index contributed by atoms with van der Waals surface area (Å²) in [5.74, 6) is -0.185. The molecular formula is C21H22FN3OS. The normalized spacial score (nSPS) is 15.9. The lowest BCUT2D eigenvalue weighted by atomic mass is 9.99. The highest BCUT2D eigenvalue weighted by molar-refractivity contribution is 7.22. The molecule has 1 fully saturated rings. The Bertz CT molecular complexity index is 963. The Balaban J connectivity index is 1.48. The number of rotatable bonds is 4. The zero-order valence-electron chi connectivity index (χ0n) is 15.2. The lowest BCUT2D eigenvalue weighted by Crippen LogP contribution is -2.32. The molecule has 1 aliphatic heterocycles. The van der Waals surface area contributed by atoms with E-state index in [4.69, 9.17) is 0 Å². The Morgan fingerprint density at radius 3 is 2.81 bits per heavy atom. The van der Waals surface area contributed by atoms with Gasteiger partial charge in [0.2, 0.25) is 0 Å². The van der Waals surface area contributed by atoms with Crippen LogP contribution in [0.5, 0.6) is 0 Å². The van der Waals surface area contributed by atoms with Gasteiger partial charge in [0.05, 0.1) is 15.8 Å². The molecule has 0 radical (unpaired) electrons. The molecule has 1 saturated heterocycles. The molecule has 1 amide bonds. The molecule has 0 saturated carbocycles. The third-order valence-electron chi connectivity index (χ3n) is 5.07. The molecule has 0 aliphatic carbocycles. The number of halogens is 1. The fourth-order valence-corrected chi connectivity index (χ4v) is 4.33. The lowest BCUT2D eigenvalue weighted by molar-refractivity contribution is 0.102. The summed E-state index contributed by atoms with van der Waals surface area (Å²) in [6.45, 7) is 5.55. The molecule has 6 heteroatoms. The first-order valence-corrected chi connectivity index (χ1v) is 10.1. The molecule has 0 bridgehead atoms. The summed E-state index contributed by atoms with van der Waals surface area (Å²) in [4.78, 5) is 19.2. The van der Waals surface area contributed by atoms with E-state index in [0.29, 0.717) is 5.13 Å². The molecule has 4 nitrogen and oxygen atoms in total. The van der Waals surface area contributed by atoms with Gasteiger partial charge in [-0.15, -0.1) is 0 Å². The third kappa shape index (κ3) is 4.17. The van der Waals surface area contributed by atoms with E-state index in [1.54, 1.807) is 12.1 Å². The molecule has 1 N–H and O–H groups in total. The van der Waals surface area contributed by atoms with Crippen LogP contribution in [0.15, 0.2) is 42.5 Å². The maximum Gasteiger partial charge on any atom is 0.260 e. The monoisotopic (exact) mass is 383 g/mol. The van der Waals surface area contributed by atoms with Crippen molar-refractivity contribution in [1.82, 2.24) is 9.88 Å². The first kappa shape index (κ1) is 18.1. The number of amides is 1. The number of carbonyl (C=O) groups excluding carboxylic acids is 1. The van der Waals surface area contributed by atoms with Gasteiger partial charge in [0.15, 0.2) is 5.13 Å². The Hall–Kier alpha value is -2.31. The zero-order chi connectivity index (χ0) is 18.8. The Kier molecular flexibility index (Phi) is 5.18. The SMILES string of the molecule is CC1CCN(Cc2ccc3nc(NC(=O)c4ccccc4F)sc3c2)CC1. The van der Waals surface area contributed by atoms with Crippen molar-refractivity contribution < 1.29 is 9.18 Å². The minimum Gasteiger partial charge on any atom is -0.299 e. The highest BCUT2D eigenvalue weighted by Gasteiger charge is 2.17. The van der Waals surface area contributed by atoms with Crippen LogP contribution >= 0.6 is 11.3 Å². The predicted molar refractivity (Wildman–Crippen MR) is 108 cm³/mol. The third-order valence-corrected chi connectivity index (χ3v) is 6.01. The Morgan fingerprint density at radius 1 is 1.26 bits per heavy atom. The van der Waals surface area contributed by atoms with Crippen LogP contribution in [0.2, 0.25) is 0 Å². The molecule has 2 heterocycles. The summed E-state index contributed by atoms with van der Waals surface area (Å²) in [6, 6.07) is 12.2. The van der Waals surface area contributed by atoms with E-state index in [9.17, 15) is 9.18 Å². The average Bonchev–Trinajstić information content (AvgIpc) is 3.05. The second-order valence-electron chi connectivity index (χ2n) is 7.21. The Morgan fingerprint density at radius 2 is 2.04 bits per heavy atom. The number of nitrogens with one attached hydrogen (secondary N) is 1. The van der Waals surface area contributed by atoms with Gasteiger partial charge in [0, 0.05) is 6.54 Å². The van der Waals surface area contributed by atoms with E-state index in [-0.39, 0.29) is 5.56 Å². The van der Waals surface area contributed by atoms with Crippen molar-refractivity contribution in [3.05, 3.63) is 59.4 Å². The number of nitrogens with zero attached hydrogens (tertiary/aromatic N) is 2. The van der Waals surface area contributed by atoms with Crippen LogP contribution in [0.25, 0.3) is 10.2 Å². The van der Waals surface area contributed by atoms with Crippen molar-refractivity contribution in [2.45, 2.75) is 26.3 Å². The summed E-state index contributed by atoms with van der Waals surface area (Å²) in [6.07, 6.45) is 2.52. The van der Waals surface area contributed by atoms with Gasteiger partial charge in [0.25, 0.3) is 5.91 Å². The summed E-state index contributed by atoms with van der Waals surface area (Å²) < 4.78 is 14.8. The van der Waals surface area contributed by atoms with Crippen LogP contribution in [0.4, 0.5) is 9.52 Å². The van der Waals surface area contributed by atoms with Crippen LogP contribution in [0, 0.1) is 11.7 Å². The first-order valence-electron chi connectivity index (χ1n) is 9.26. The fourth-order valence-electron chi connectivity index (χ4n) is 3.41. The van der Waals surface area contributed by atoms with Gasteiger partial charge in [-0.1, -0.05) is 36.5 Å². The lowest BCUT2D eigenvalue weighted by Gasteiger charge is -2.30. The molecule has 2 aromatic carbocycles. The minimum atomic E-state index is -0.533. The zero-order valence-corrected chi connectivity index (χ0v) is 16.1. The summed E-state index contributed by atoms with van der Waals surface area (Å²) >= 11 is 1.42. The highest BCUT2D eigenvalue weighted by Crippen LogP contribution is 2.28. The molecule has 0 spiro atoms. The second-order valence-corrected chi connectivity index (χ2v) is 8.24. The van der Waals surface area contributed by atoms with Crippen LogP contribution < -0.4 is 5.32 Å². The number of fused-ring (bicyclic) bond motifs is 1. The van der Waals surface area contributed by atoms with Crippen molar-refractivity contribution in [3.8, 4) is 0 Å². The van der Waals surface area contributed by atoms with Crippen molar-refractivity contribution in [2.24, 2.45) is 5.92 Å². The second kappa shape index (κ2) is 7.74. The molecule has 3 aromatic rings. The van der Waals surface area contributed by atoms with Gasteiger partial charge in [-0.25, -0.2) is 9.37 Å². The predicted octanol–water partition coefficient (Wildman–Crippen LogP) is 4.92. The van der Waals surface area contributed by atoms with Crippen molar-refractivity contribution in [3.63, 3.8) is 0 Å². The molecule has 4 rings (SSSR count). The van der Waals surface area contributed by atoms with E-state index < -0.39 is 11.7 Å². The maximum atomic E-state index is 13.8. The quantitative estimate of drug-likeness (QED) is 0.696. The van der Waals surface area contributed by atoms with Crippen molar-refractivity contribution in [2.75, 3.05) is 18.4 Å². The van der Waals surface area contributed by atoms with Gasteiger partial charge >= 0.3 is 0 Å². The van der Waals surface area contributed by atoms with Crippen LogP contribution in [0.3, 0.4) is 0 Å². The molecule has 1 aliphatic rings. The summed E-state index contributed by atoms with van der Waals surface area (Å²) in [5.41, 5.74) is 2.13. The molecule has 140 valence electrons. The van der Waals surface area contributed by atoms with E-state index in [1.165, 1.54) is 41.9 Å².